The number of morpholine rings is 1. The van der Waals surface area contributed by atoms with E-state index in [1.807, 2.05) is 24.3 Å². The Morgan fingerprint density at radius 3 is 2.62 bits per heavy atom. The number of benzene rings is 1. The topological polar surface area (TPSA) is 64.4 Å². The fourth-order valence-corrected chi connectivity index (χ4v) is 3.26. The highest BCUT2D eigenvalue weighted by atomic mass is 16.5. The van der Waals surface area contributed by atoms with Crippen molar-refractivity contribution in [3.63, 3.8) is 0 Å². The zero-order valence-corrected chi connectivity index (χ0v) is 14.2. The first-order valence-corrected chi connectivity index (χ1v) is 8.48. The fourth-order valence-electron chi connectivity index (χ4n) is 3.26. The first-order chi connectivity index (χ1) is 11.6. The maximum Gasteiger partial charge on any atom is 0.250 e. The molecular weight excluding hydrogens is 306 g/mol. The van der Waals surface area contributed by atoms with E-state index in [9.17, 15) is 9.59 Å². The largest absolute Gasteiger partial charge is 0.379 e. The molecule has 1 aromatic carbocycles. The zero-order valence-electron chi connectivity index (χ0n) is 14.2. The molecule has 3 rings (SSSR count). The lowest BCUT2D eigenvalue weighted by Gasteiger charge is -2.33. The van der Waals surface area contributed by atoms with Crippen LogP contribution >= 0.6 is 0 Å². The summed E-state index contributed by atoms with van der Waals surface area (Å²) in [5.74, 6) is -0.0509. The number of fused-ring (bicyclic) bond motifs is 1. The fraction of sp³-hybridized carbons (Fsp3) is 0.500. The van der Waals surface area contributed by atoms with Crippen molar-refractivity contribution < 1.29 is 14.3 Å². The molecule has 2 aromatic rings. The van der Waals surface area contributed by atoms with E-state index in [1.54, 1.807) is 0 Å². The molecule has 0 saturated carbocycles. The summed E-state index contributed by atoms with van der Waals surface area (Å²) in [6.07, 6.45) is 1.65. The SMILES string of the molecule is CCCC(C(=O)n1c(C(C)=O)nc2ccccc21)N1CCOCC1. The maximum absolute atomic E-state index is 13.3. The van der Waals surface area contributed by atoms with Gasteiger partial charge in [0.25, 0.3) is 0 Å². The quantitative estimate of drug-likeness (QED) is 0.788. The summed E-state index contributed by atoms with van der Waals surface area (Å²) < 4.78 is 6.91. The Hall–Kier alpha value is -2.05. The van der Waals surface area contributed by atoms with Gasteiger partial charge in [-0.15, -0.1) is 0 Å². The lowest BCUT2D eigenvalue weighted by molar-refractivity contribution is 0.0132. The van der Waals surface area contributed by atoms with Gasteiger partial charge in [0.1, 0.15) is 0 Å². The standard InChI is InChI=1S/C18H23N3O3/c1-3-6-16(20-9-11-24-12-10-20)18(23)21-15-8-5-4-7-14(15)19-17(21)13(2)22/h4-5,7-8,16H,3,6,9-12H2,1-2H3. The number of para-hydroxylation sites is 2. The van der Waals surface area contributed by atoms with Gasteiger partial charge in [-0.3, -0.25) is 19.1 Å². The first-order valence-electron chi connectivity index (χ1n) is 8.48. The van der Waals surface area contributed by atoms with Gasteiger partial charge in [-0.1, -0.05) is 25.5 Å². The summed E-state index contributed by atoms with van der Waals surface area (Å²) in [6.45, 7) is 6.26. The highest BCUT2D eigenvalue weighted by molar-refractivity contribution is 6.02. The number of carbonyl (C=O) groups excluding carboxylic acids is 2. The lowest BCUT2D eigenvalue weighted by atomic mass is 10.1. The molecule has 0 bridgehead atoms. The Morgan fingerprint density at radius 1 is 1.25 bits per heavy atom. The highest BCUT2D eigenvalue weighted by Gasteiger charge is 2.31. The van der Waals surface area contributed by atoms with E-state index in [1.165, 1.54) is 11.5 Å². The van der Waals surface area contributed by atoms with Gasteiger partial charge in [-0.05, 0) is 18.6 Å². The Balaban J connectivity index is 2.04. The van der Waals surface area contributed by atoms with Crippen LogP contribution in [-0.4, -0.2) is 58.5 Å². The number of hydrogen-bond donors (Lipinski definition) is 0. The van der Waals surface area contributed by atoms with Crippen LogP contribution in [0.5, 0.6) is 0 Å². The molecule has 0 amide bonds. The van der Waals surface area contributed by atoms with Crippen molar-refractivity contribution in [1.29, 1.82) is 0 Å². The number of hydrogen-bond acceptors (Lipinski definition) is 5. The van der Waals surface area contributed by atoms with Crippen molar-refractivity contribution in [2.75, 3.05) is 26.3 Å². The van der Waals surface area contributed by atoms with Gasteiger partial charge in [-0.2, -0.15) is 0 Å². The normalized spacial score (nSPS) is 17.1. The molecule has 0 aliphatic carbocycles. The number of nitrogens with zero attached hydrogens (tertiary/aromatic N) is 3. The van der Waals surface area contributed by atoms with Crippen LogP contribution in [0.2, 0.25) is 0 Å². The lowest BCUT2D eigenvalue weighted by Crippen LogP contribution is -2.49. The Labute approximate surface area is 141 Å². The number of Topliss-reactive ketones (excluding diaryl/α,β-unsaturated/α-hetero) is 1. The summed E-state index contributed by atoms with van der Waals surface area (Å²) in [5.41, 5.74) is 1.37. The molecule has 6 nitrogen and oxygen atoms in total. The third-order valence-corrected chi connectivity index (χ3v) is 4.43. The highest BCUT2D eigenvalue weighted by Crippen LogP contribution is 2.20. The van der Waals surface area contributed by atoms with Crippen LogP contribution in [0.3, 0.4) is 0 Å². The van der Waals surface area contributed by atoms with Crippen molar-refractivity contribution in [3.05, 3.63) is 30.1 Å². The van der Waals surface area contributed by atoms with Gasteiger partial charge in [0.2, 0.25) is 5.91 Å². The molecule has 1 aliphatic heterocycles. The van der Waals surface area contributed by atoms with E-state index < -0.39 is 0 Å². The van der Waals surface area contributed by atoms with E-state index >= 15 is 0 Å². The minimum Gasteiger partial charge on any atom is -0.379 e. The molecule has 1 aromatic heterocycles. The number of imidazole rings is 1. The average Bonchev–Trinajstić information content (AvgIpc) is 3.00. The summed E-state index contributed by atoms with van der Waals surface area (Å²) in [6, 6.07) is 7.14. The Morgan fingerprint density at radius 2 is 1.96 bits per heavy atom. The number of rotatable bonds is 5. The van der Waals surface area contributed by atoms with Crippen LogP contribution in [0.25, 0.3) is 11.0 Å². The van der Waals surface area contributed by atoms with Gasteiger partial charge < -0.3 is 4.74 Å². The second-order valence-corrected chi connectivity index (χ2v) is 6.11. The van der Waals surface area contributed by atoms with Crippen molar-refractivity contribution >= 4 is 22.7 Å². The molecular formula is C18H23N3O3. The van der Waals surface area contributed by atoms with Crippen LogP contribution in [-0.2, 0) is 4.74 Å². The van der Waals surface area contributed by atoms with Crippen LogP contribution in [0.4, 0.5) is 0 Å². The summed E-state index contributed by atoms with van der Waals surface area (Å²) in [7, 11) is 0. The summed E-state index contributed by atoms with van der Waals surface area (Å²) >= 11 is 0. The van der Waals surface area contributed by atoms with Gasteiger partial charge in [0.05, 0.1) is 30.3 Å². The third kappa shape index (κ3) is 3.12. The number of aromatic nitrogens is 2. The van der Waals surface area contributed by atoms with Crippen LogP contribution < -0.4 is 0 Å². The van der Waals surface area contributed by atoms with Crippen molar-refractivity contribution in [2.45, 2.75) is 32.7 Å². The molecule has 0 radical (unpaired) electrons. The third-order valence-electron chi connectivity index (χ3n) is 4.43. The molecule has 6 heteroatoms. The number of ketones is 1. The Kier molecular flexibility index (Phi) is 5.06. The predicted molar refractivity (Wildman–Crippen MR) is 91.5 cm³/mol. The van der Waals surface area contributed by atoms with Crippen molar-refractivity contribution in [3.8, 4) is 0 Å². The molecule has 128 valence electrons. The second kappa shape index (κ2) is 7.23. The average molecular weight is 329 g/mol. The summed E-state index contributed by atoms with van der Waals surface area (Å²) in [4.78, 5) is 31.9. The molecule has 24 heavy (non-hydrogen) atoms. The molecule has 1 aliphatic rings. The second-order valence-electron chi connectivity index (χ2n) is 6.11. The number of carbonyl (C=O) groups is 2. The number of ether oxygens (including phenoxy) is 1. The van der Waals surface area contributed by atoms with E-state index in [2.05, 4.69) is 16.8 Å². The van der Waals surface area contributed by atoms with Gasteiger partial charge in [-0.25, -0.2) is 4.98 Å². The van der Waals surface area contributed by atoms with E-state index in [4.69, 9.17) is 4.74 Å². The van der Waals surface area contributed by atoms with E-state index in [-0.39, 0.29) is 23.6 Å². The van der Waals surface area contributed by atoms with Crippen molar-refractivity contribution in [1.82, 2.24) is 14.5 Å². The molecule has 1 unspecified atom stereocenters. The van der Waals surface area contributed by atoms with Gasteiger partial charge >= 0.3 is 0 Å². The van der Waals surface area contributed by atoms with Gasteiger partial charge in [0.15, 0.2) is 11.6 Å². The van der Waals surface area contributed by atoms with Crippen LogP contribution in [0.15, 0.2) is 24.3 Å². The predicted octanol–water partition coefficient (Wildman–Crippen LogP) is 2.38. The molecule has 1 atom stereocenters. The minimum atomic E-state index is -0.255. The van der Waals surface area contributed by atoms with Gasteiger partial charge in [0, 0.05) is 20.0 Å². The Bertz CT molecular complexity index is 747. The van der Waals surface area contributed by atoms with Crippen molar-refractivity contribution in [2.24, 2.45) is 0 Å². The minimum absolute atomic E-state index is 0.0716. The van der Waals surface area contributed by atoms with Crippen LogP contribution in [0.1, 0.15) is 42.1 Å². The summed E-state index contributed by atoms with van der Waals surface area (Å²) in [5, 5.41) is 0. The molecule has 0 N–H and O–H groups in total. The molecule has 1 saturated heterocycles. The smallest absolute Gasteiger partial charge is 0.250 e. The van der Waals surface area contributed by atoms with Crippen LogP contribution in [0, 0.1) is 0 Å². The van der Waals surface area contributed by atoms with E-state index in [0.29, 0.717) is 24.2 Å². The molecule has 0 spiro atoms. The molecule has 1 fully saturated rings. The zero-order chi connectivity index (χ0) is 17.1. The first kappa shape index (κ1) is 16.8. The molecule has 2 heterocycles. The van der Waals surface area contributed by atoms with E-state index in [0.717, 1.165) is 25.9 Å². The maximum atomic E-state index is 13.3. The monoisotopic (exact) mass is 329 g/mol.